The fraction of sp³-hybridized carbons (Fsp3) is 0.750. The maximum absolute atomic E-state index is 3.89. The maximum atomic E-state index is 3.89. The largest absolute Gasteiger partial charge is 0.287 e. The van der Waals surface area contributed by atoms with Gasteiger partial charge in [-0.25, -0.2) is 0 Å². The van der Waals surface area contributed by atoms with Gasteiger partial charge >= 0.3 is 0 Å². The van der Waals surface area contributed by atoms with Gasteiger partial charge in [0.25, 0.3) is 0 Å². The molecule has 0 aliphatic carbocycles. The topological polar surface area (TPSA) is 12.4 Å². The standard InChI is InChI=1S/C4H9NS/c1-4(5-2)6-3/h1-3H3/b5-4-. The van der Waals surface area contributed by atoms with Crippen LogP contribution in [0.5, 0.6) is 0 Å². The van der Waals surface area contributed by atoms with E-state index in [1.165, 1.54) is 0 Å². The van der Waals surface area contributed by atoms with E-state index in [9.17, 15) is 0 Å². The summed E-state index contributed by atoms with van der Waals surface area (Å²) in [7, 11) is 1.80. The molecule has 0 aliphatic heterocycles. The van der Waals surface area contributed by atoms with E-state index in [2.05, 4.69) is 4.99 Å². The van der Waals surface area contributed by atoms with Gasteiger partial charge in [0.05, 0.1) is 5.04 Å². The summed E-state index contributed by atoms with van der Waals surface area (Å²) in [5.74, 6) is 0. The van der Waals surface area contributed by atoms with Crippen molar-refractivity contribution in [2.45, 2.75) is 6.92 Å². The highest BCUT2D eigenvalue weighted by atomic mass is 32.2. The van der Waals surface area contributed by atoms with Gasteiger partial charge in [-0.3, -0.25) is 4.99 Å². The Bertz CT molecular complexity index is 58.6. The number of hydrogen-bond acceptors (Lipinski definition) is 2. The molecular weight excluding hydrogens is 94.1 g/mol. The molecule has 0 radical (unpaired) electrons. The van der Waals surface area contributed by atoms with Crippen LogP contribution < -0.4 is 0 Å². The zero-order chi connectivity index (χ0) is 4.99. The van der Waals surface area contributed by atoms with Gasteiger partial charge < -0.3 is 0 Å². The van der Waals surface area contributed by atoms with E-state index in [0.29, 0.717) is 0 Å². The summed E-state index contributed by atoms with van der Waals surface area (Å²) in [5.41, 5.74) is 0. The van der Waals surface area contributed by atoms with Gasteiger partial charge in [-0.05, 0) is 13.2 Å². The Kier molecular flexibility index (Phi) is 3.23. The van der Waals surface area contributed by atoms with Crippen molar-refractivity contribution in [3.05, 3.63) is 0 Å². The van der Waals surface area contributed by atoms with Gasteiger partial charge in [-0.1, -0.05) is 0 Å². The molecule has 0 aromatic rings. The third-order valence-electron chi connectivity index (χ3n) is 0.610. The first-order valence-corrected chi connectivity index (χ1v) is 3.01. The lowest BCUT2D eigenvalue weighted by molar-refractivity contribution is 1.45. The fourth-order valence-corrected chi connectivity index (χ4v) is 0.274. The highest BCUT2D eigenvalue weighted by molar-refractivity contribution is 8.13. The minimum Gasteiger partial charge on any atom is -0.287 e. The molecule has 0 saturated heterocycles. The average molecular weight is 103 g/mol. The number of rotatable bonds is 0. The van der Waals surface area contributed by atoms with Crippen molar-refractivity contribution in [3.8, 4) is 0 Å². The normalized spacial score (nSPS) is 12.2. The molecule has 0 aliphatic rings. The van der Waals surface area contributed by atoms with Gasteiger partial charge in [0.1, 0.15) is 0 Å². The van der Waals surface area contributed by atoms with Gasteiger partial charge in [0.15, 0.2) is 0 Å². The lowest BCUT2D eigenvalue weighted by Crippen LogP contribution is -1.76. The molecule has 36 valence electrons. The number of thioether (sulfide) groups is 1. The third-order valence-corrected chi connectivity index (χ3v) is 1.38. The molecule has 0 aromatic heterocycles. The molecule has 0 unspecified atom stereocenters. The molecule has 0 spiro atoms. The van der Waals surface area contributed by atoms with E-state index >= 15 is 0 Å². The van der Waals surface area contributed by atoms with Gasteiger partial charge in [-0.2, -0.15) is 0 Å². The summed E-state index contributed by atoms with van der Waals surface area (Å²) in [6.45, 7) is 1.99. The first kappa shape index (κ1) is 6.02. The van der Waals surface area contributed by atoms with E-state index in [1.807, 2.05) is 13.2 Å². The van der Waals surface area contributed by atoms with Crippen LogP contribution in [0.25, 0.3) is 0 Å². The van der Waals surface area contributed by atoms with Crippen molar-refractivity contribution in [1.29, 1.82) is 0 Å². The number of nitrogens with zero attached hydrogens (tertiary/aromatic N) is 1. The van der Waals surface area contributed by atoms with Crippen molar-refractivity contribution in [1.82, 2.24) is 0 Å². The molecule has 6 heavy (non-hydrogen) atoms. The van der Waals surface area contributed by atoms with Crippen molar-refractivity contribution < 1.29 is 0 Å². The first-order valence-electron chi connectivity index (χ1n) is 1.78. The summed E-state index contributed by atoms with van der Waals surface area (Å²) >= 11 is 1.67. The predicted octanol–water partition coefficient (Wildman–Crippen LogP) is 1.40. The Morgan fingerprint density at radius 3 is 2.17 bits per heavy atom. The molecule has 0 N–H and O–H groups in total. The quantitative estimate of drug-likeness (QED) is 0.333. The second-order valence-electron chi connectivity index (χ2n) is 0.947. The number of hydrogen-bond donors (Lipinski definition) is 0. The predicted molar refractivity (Wildman–Crippen MR) is 32.5 cm³/mol. The van der Waals surface area contributed by atoms with E-state index in [0.717, 1.165) is 5.04 Å². The Balaban J connectivity index is 3.22. The highest BCUT2D eigenvalue weighted by Crippen LogP contribution is 1.92. The van der Waals surface area contributed by atoms with E-state index in [-0.39, 0.29) is 0 Å². The summed E-state index contributed by atoms with van der Waals surface area (Å²) in [4.78, 5) is 3.89. The number of aliphatic imine (C=N–C) groups is 1. The van der Waals surface area contributed by atoms with E-state index in [1.54, 1.807) is 18.8 Å². The van der Waals surface area contributed by atoms with Crippen LogP contribution in [0.4, 0.5) is 0 Å². The monoisotopic (exact) mass is 103 g/mol. The Morgan fingerprint density at radius 2 is 2.17 bits per heavy atom. The molecule has 2 heteroatoms. The van der Waals surface area contributed by atoms with Crippen LogP contribution in [0.15, 0.2) is 4.99 Å². The van der Waals surface area contributed by atoms with E-state index in [4.69, 9.17) is 0 Å². The van der Waals surface area contributed by atoms with Crippen LogP contribution >= 0.6 is 11.8 Å². The molecule has 1 nitrogen and oxygen atoms in total. The summed E-state index contributed by atoms with van der Waals surface area (Å²) in [5, 5.41) is 1.13. The third kappa shape index (κ3) is 2.27. The van der Waals surface area contributed by atoms with Crippen molar-refractivity contribution in [2.24, 2.45) is 4.99 Å². The molecular formula is C4H9NS. The van der Waals surface area contributed by atoms with Crippen LogP contribution in [-0.2, 0) is 0 Å². The minimum absolute atomic E-state index is 1.13. The lowest BCUT2D eigenvalue weighted by atomic mass is 10.9. The lowest BCUT2D eigenvalue weighted by Gasteiger charge is -1.83. The van der Waals surface area contributed by atoms with Gasteiger partial charge in [0, 0.05) is 7.05 Å². The van der Waals surface area contributed by atoms with Crippen LogP contribution in [0, 0.1) is 0 Å². The Morgan fingerprint density at radius 1 is 1.67 bits per heavy atom. The zero-order valence-corrected chi connectivity index (χ0v) is 5.17. The van der Waals surface area contributed by atoms with Crippen molar-refractivity contribution in [3.63, 3.8) is 0 Å². The smallest absolute Gasteiger partial charge is 0.0638 e. The average Bonchev–Trinajstić information content (AvgIpc) is 1.65. The molecule has 0 aromatic carbocycles. The molecule has 0 fully saturated rings. The molecule has 0 heterocycles. The minimum atomic E-state index is 1.13. The van der Waals surface area contributed by atoms with Crippen LogP contribution in [-0.4, -0.2) is 18.3 Å². The fourth-order valence-electron chi connectivity index (χ4n) is 0.0913. The van der Waals surface area contributed by atoms with Crippen LogP contribution in [0.3, 0.4) is 0 Å². The Labute approximate surface area is 42.9 Å². The summed E-state index contributed by atoms with van der Waals surface area (Å²) in [6.07, 6.45) is 2.02. The molecule has 0 amide bonds. The van der Waals surface area contributed by atoms with Crippen molar-refractivity contribution >= 4 is 16.8 Å². The molecule has 0 atom stereocenters. The van der Waals surface area contributed by atoms with E-state index < -0.39 is 0 Å². The summed E-state index contributed by atoms with van der Waals surface area (Å²) < 4.78 is 0. The van der Waals surface area contributed by atoms with Crippen LogP contribution in [0.1, 0.15) is 6.92 Å². The SMILES string of the molecule is C/N=C(/C)SC. The molecule has 0 bridgehead atoms. The second kappa shape index (κ2) is 3.22. The van der Waals surface area contributed by atoms with Crippen molar-refractivity contribution in [2.75, 3.05) is 13.3 Å². The van der Waals surface area contributed by atoms with Gasteiger partial charge in [-0.15, -0.1) is 11.8 Å². The van der Waals surface area contributed by atoms with Gasteiger partial charge in [0.2, 0.25) is 0 Å². The van der Waals surface area contributed by atoms with Crippen LogP contribution in [0.2, 0.25) is 0 Å². The summed E-state index contributed by atoms with van der Waals surface area (Å²) in [6, 6.07) is 0. The zero-order valence-electron chi connectivity index (χ0n) is 4.36. The molecule has 0 saturated carbocycles. The second-order valence-corrected chi connectivity index (χ2v) is 1.95. The Hall–Kier alpha value is 0.0200. The first-order chi connectivity index (χ1) is 2.81. The highest BCUT2D eigenvalue weighted by Gasteiger charge is 1.75. The molecule has 0 rings (SSSR count). The maximum Gasteiger partial charge on any atom is 0.0638 e.